The van der Waals surface area contributed by atoms with Crippen LogP contribution in [-0.2, 0) is 5.88 Å². The maximum absolute atomic E-state index is 5.92. The zero-order valence-electron chi connectivity index (χ0n) is 12.1. The van der Waals surface area contributed by atoms with Gasteiger partial charge in [-0.25, -0.2) is 0 Å². The summed E-state index contributed by atoms with van der Waals surface area (Å²) in [6.45, 7) is 11.8. The quantitative estimate of drug-likeness (QED) is 0.534. The topological polar surface area (TPSA) is 9.23 Å². The Morgan fingerprint density at radius 1 is 1.28 bits per heavy atom. The molecule has 1 nitrogen and oxygen atoms in total. The molecule has 18 heavy (non-hydrogen) atoms. The number of alkyl halides is 1. The van der Waals surface area contributed by atoms with Crippen LogP contribution in [0.2, 0.25) is 18.1 Å². The van der Waals surface area contributed by atoms with Gasteiger partial charge in [0, 0.05) is 10.8 Å². The highest BCUT2D eigenvalue weighted by Gasteiger charge is 2.37. The van der Waals surface area contributed by atoms with Crippen molar-refractivity contribution in [1.82, 2.24) is 0 Å². The number of halogens is 1. The Hall–Kier alpha value is -0.123. The summed E-state index contributed by atoms with van der Waals surface area (Å²) in [6.07, 6.45) is 0. The molecule has 0 fully saturated rings. The summed E-state index contributed by atoms with van der Waals surface area (Å²) in [5.74, 6) is 1.51. The third kappa shape index (κ3) is 3.69. The summed E-state index contributed by atoms with van der Waals surface area (Å²) in [6, 6.07) is 6.21. The van der Waals surface area contributed by atoms with E-state index in [1.807, 2.05) is 23.3 Å². The molecule has 4 heteroatoms. The number of benzene rings is 1. The largest absolute Gasteiger partial charge is 0.496 e. The van der Waals surface area contributed by atoms with Gasteiger partial charge in [0.15, 0.2) is 0 Å². The average Bonchev–Trinajstić information content (AvgIpc) is 2.26. The van der Waals surface area contributed by atoms with Gasteiger partial charge in [0.1, 0.15) is 13.0 Å². The minimum atomic E-state index is -1.44. The van der Waals surface area contributed by atoms with Crippen LogP contribution in [-0.4, -0.2) is 14.3 Å². The molecule has 0 saturated carbocycles. The van der Waals surface area contributed by atoms with E-state index in [0.717, 1.165) is 11.3 Å². The number of hydrogen-bond donors (Lipinski definition) is 0. The average molecular weight is 303 g/mol. The van der Waals surface area contributed by atoms with Gasteiger partial charge in [-0.05, 0) is 22.7 Å². The third-order valence-electron chi connectivity index (χ3n) is 3.55. The third-order valence-corrected chi connectivity index (χ3v) is 12.6. The first-order valence-electron chi connectivity index (χ1n) is 6.13. The van der Waals surface area contributed by atoms with Crippen LogP contribution < -0.4 is 4.74 Å². The standard InChI is InChI=1S/C14H23ClOSSi/c1-14(2,3)18(5,6)17-13-9-11(10-15)7-8-12(13)16-4/h7-9H,10H2,1-6H3. The minimum Gasteiger partial charge on any atom is -0.496 e. The van der Waals surface area contributed by atoms with E-state index >= 15 is 0 Å². The molecular formula is C14H23ClOSSi. The van der Waals surface area contributed by atoms with Gasteiger partial charge >= 0.3 is 0 Å². The van der Waals surface area contributed by atoms with Crippen molar-refractivity contribution in [3.63, 3.8) is 0 Å². The summed E-state index contributed by atoms with van der Waals surface area (Å²) in [7, 11) is 0.292. The van der Waals surface area contributed by atoms with E-state index in [2.05, 4.69) is 39.9 Å². The molecule has 1 rings (SSSR count). The number of rotatable bonds is 4. The van der Waals surface area contributed by atoms with Gasteiger partial charge in [-0.15, -0.1) is 22.8 Å². The van der Waals surface area contributed by atoms with Gasteiger partial charge in [0.2, 0.25) is 0 Å². The maximum atomic E-state index is 5.92. The van der Waals surface area contributed by atoms with Gasteiger partial charge in [-0.2, -0.15) is 0 Å². The van der Waals surface area contributed by atoms with Crippen molar-refractivity contribution >= 4 is 30.0 Å². The second kappa shape index (κ2) is 5.89. The van der Waals surface area contributed by atoms with Crippen molar-refractivity contribution in [2.45, 2.75) is 49.7 Å². The molecule has 0 spiro atoms. The summed E-state index contributed by atoms with van der Waals surface area (Å²) in [4.78, 5) is 1.22. The Morgan fingerprint density at radius 3 is 2.33 bits per heavy atom. The fraction of sp³-hybridized carbons (Fsp3) is 0.571. The summed E-state index contributed by atoms with van der Waals surface area (Å²) < 4.78 is 5.46. The lowest BCUT2D eigenvalue weighted by molar-refractivity contribution is 0.405. The van der Waals surface area contributed by atoms with E-state index in [-0.39, 0.29) is 0 Å². The minimum absolute atomic E-state index is 0.347. The van der Waals surface area contributed by atoms with E-state index in [1.165, 1.54) is 4.90 Å². The fourth-order valence-electron chi connectivity index (χ4n) is 1.31. The van der Waals surface area contributed by atoms with Crippen LogP contribution >= 0.6 is 22.8 Å². The van der Waals surface area contributed by atoms with Crippen LogP contribution in [0, 0.1) is 0 Å². The fourth-order valence-corrected chi connectivity index (χ4v) is 5.84. The first-order chi connectivity index (χ1) is 8.21. The van der Waals surface area contributed by atoms with Crippen LogP contribution in [0.3, 0.4) is 0 Å². The van der Waals surface area contributed by atoms with Crippen molar-refractivity contribution in [3.05, 3.63) is 23.8 Å². The SMILES string of the molecule is COc1ccc(CCl)cc1S[Si](C)(C)C(C)(C)C. The lowest BCUT2D eigenvalue weighted by Gasteiger charge is -2.36. The van der Waals surface area contributed by atoms with E-state index in [4.69, 9.17) is 16.3 Å². The Balaban J connectivity index is 3.09. The van der Waals surface area contributed by atoms with Gasteiger partial charge in [0.25, 0.3) is 0 Å². The maximum Gasteiger partial charge on any atom is 0.131 e. The predicted octanol–water partition coefficient (Wildman–Crippen LogP) is 5.53. The van der Waals surface area contributed by atoms with Gasteiger partial charge < -0.3 is 4.74 Å². The van der Waals surface area contributed by atoms with E-state index in [9.17, 15) is 0 Å². The molecule has 1 aromatic rings. The van der Waals surface area contributed by atoms with Gasteiger partial charge in [-0.1, -0.05) is 39.9 Å². The van der Waals surface area contributed by atoms with E-state index in [1.54, 1.807) is 7.11 Å². The van der Waals surface area contributed by atoms with Crippen molar-refractivity contribution in [3.8, 4) is 5.75 Å². The first-order valence-corrected chi connectivity index (χ1v) is 11.2. The lowest BCUT2D eigenvalue weighted by Crippen LogP contribution is -2.33. The van der Waals surface area contributed by atoms with Crippen LogP contribution in [0.15, 0.2) is 23.1 Å². The molecule has 0 saturated heterocycles. The Morgan fingerprint density at radius 2 is 1.89 bits per heavy atom. The number of hydrogen-bond acceptors (Lipinski definition) is 2. The van der Waals surface area contributed by atoms with Crippen molar-refractivity contribution in [2.24, 2.45) is 0 Å². The predicted molar refractivity (Wildman–Crippen MR) is 85.6 cm³/mol. The van der Waals surface area contributed by atoms with E-state index in [0.29, 0.717) is 10.9 Å². The molecule has 0 N–H and O–H groups in total. The van der Waals surface area contributed by atoms with Crippen molar-refractivity contribution in [2.75, 3.05) is 7.11 Å². The highest BCUT2D eigenvalue weighted by Crippen LogP contribution is 2.48. The lowest BCUT2D eigenvalue weighted by atomic mass is 10.2. The smallest absolute Gasteiger partial charge is 0.131 e. The molecule has 0 atom stereocenters. The van der Waals surface area contributed by atoms with Crippen molar-refractivity contribution in [1.29, 1.82) is 0 Å². The molecule has 0 aliphatic rings. The zero-order chi connectivity index (χ0) is 14.0. The molecule has 0 aliphatic heterocycles. The molecule has 0 heterocycles. The highest BCUT2D eigenvalue weighted by molar-refractivity contribution is 8.29. The zero-order valence-corrected chi connectivity index (χ0v) is 14.7. The molecular weight excluding hydrogens is 280 g/mol. The normalized spacial score (nSPS) is 12.6. The monoisotopic (exact) mass is 302 g/mol. The van der Waals surface area contributed by atoms with Crippen LogP contribution in [0.5, 0.6) is 5.75 Å². The Kier molecular flexibility index (Phi) is 5.21. The van der Waals surface area contributed by atoms with Gasteiger partial charge in [-0.3, -0.25) is 0 Å². The first kappa shape index (κ1) is 15.9. The van der Waals surface area contributed by atoms with Crippen LogP contribution in [0.25, 0.3) is 0 Å². The number of methoxy groups -OCH3 is 1. The highest BCUT2D eigenvalue weighted by atomic mass is 35.5. The summed E-state index contributed by atoms with van der Waals surface area (Å²) in [5.41, 5.74) is 1.15. The summed E-state index contributed by atoms with van der Waals surface area (Å²) in [5, 5.41) is 0.347. The molecule has 0 amide bonds. The second-order valence-electron chi connectivity index (χ2n) is 5.98. The van der Waals surface area contributed by atoms with Crippen molar-refractivity contribution < 1.29 is 4.74 Å². The Labute approximate surface area is 121 Å². The molecule has 102 valence electrons. The number of ether oxygens (including phenoxy) is 1. The van der Waals surface area contributed by atoms with E-state index < -0.39 is 7.22 Å². The van der Waals surface area contributed by atoms with Gasteiger partial charge in [0.05, 0.1) is 7.11 Å². The molecule has 0 bridgehead atoms. The molecule has 0 aromatic heterocycles. The molecule has 0 aliphatic carbocycles. The summed E-state index contributed by atoms with van der Waals surface area (Å²) >= 11 is 7.91. The van der Waals surface area contributed by atoms with Crippen LogP contribution in [0.1, 0.15) is 26.3 Å². The molecule has 0 radical (unpaired) electrons. The Bertz CT molecular complexity index is 413. The van der Waals surface area contributed by atoms with Crippen LogP contribution in [0.4, 0.5) is 0 Å². The molecule has 1 aromatic carbocycles. The molecule has 0 unspecified atom stereocenters. The second-order valence-corrected chi connectivity index (χ2v) is 15.1.